The van der Waals surface area contributed by atoms with Gasteiger partial charge in [0, 0.05) is 12.0 Å². The predicted octanol–water partition coefficient (Wildman–Crippen LogP) is 1.79. The van der Waals surface area contributed by atoms with Crippen LogP contribution < -0.4 is 11.2 Å². The Balaban J connectivity index is 2.33. The highest BCUT2D eigenvalue weighted by atomic mass is 32.1. The lowest BCUT2D eigenvalue weighted by Crippen LogP contribution is -2.30. The quantitative estimate of drug-likeness (QED) is 0.577. The molecule has 1 aliphatic rings. The van der Waals surface area contributed by atoms with Gasteiger partial charge in [0.25, 0.3) is 0 Å². The molecule has 0 radical (unpaired) electrons. The van der Waals surface area contributed by atoms with Crippen molar-refractivity contribution in [2.24, 2.45) is 16.3 Å². The van der Waals surface area contributed by atoms with E-state index in [-0.39, 0.29) is 10.5 Å². The maximum atomic E-state index is 5.46. The zero-order valence-corrected chi connectivity index (χ0v) is 10.2. The molecule has 0 spiro atoms. The summed E-state index contributed by atoms with van der Waals surface area (Å²) in [4.78, 5) is 0. The number of hydrogen-bond acceptors (Lipinski definition) is 3. The minimum Gasteiger partial charge on any atom is -0.469 e. The first-order chi connectivity index (χ1) is 7.48. The molecule has 0 atom stereocenters. The summed E-state index contributed by atoms with van der Waals surface area (Å²) in [6.07, 6.45) is 3.51. The Bertz CT molecular complexity index is 448. The Morgan fingerprint density at radius 3 is 3.00 bits per heavy atom. The standard InChI is InChI=1S/C11H15N3OS/c1-11(2)5-8(13-14-10(12)16)7-3-4-15-9(7)6-11/h3-4H,5-6H2,1-2H3,(H3,12,14,16)/b13-8-. The maximum absolute atomic E-state index is 5.46. The van der Waals surface area contributed by atoms with Crippen LogP contribution in [0.4, 0.5) is 0 Å². The van der Waals surface area contributed by atoms with E-state index in [1.54, 1.807) is 6.26 Å². The minimum atomic E-state index is 0.154. The number of rotatable bonds is 1. The van der Waals surface area contributed by atoms with Crippen LogP contribution >= 0.6 is 12.2 Å². The first-order valence-electron chi connectivity index (χ1n) is 5.17. The molecule has 0 saturated heterocycles. The van der Waals surface area contributed by atoms with Crippen LogP contribution in [-0.2, 0) is 6.42 Å². The number of furan rings is 1. The maximum Gasteiger partial charge on any atom is 0.184 e. The molecule has 4 nitrogen and oxygen atoms in total. The van der Waals surface area contributed by atoms with Gasteiger partial charge in [-0.1, -0.05) is 13.8 Å². The molecule has 1 heterocycles. The fourth-order valence-corrected chi connectivity index (χ4v) is 2.05. The van der Waals surface area contributed by atoms with Crippen LogP contribution in [0.15, 0.2) is 21.8 Å². The van der Waals surface area contributed by atoms with Gasteiger partial charge in [-0.3, -0.25) is 5.43 Å². The lowest BCUT2D eigenvalue weighted by atomic mass is 9.76. The molecule has 0 saturated carbocycles. The van der Waals surface area contributed by atoms with E-state index in [1.165, 1.54) is 0 Å². The van der Waals surface area contributed by atoms with Crippen molar-refractivity contribution in [2.45, 2.75) is 26.7 Å². The van der Waals surface area contributed by atoms with E-state index >= 15 is 0 Å². The zero-order valence-electron chi connectivity index (χ0n) is 9.41. The van der Waals surface area contributed by atoms with Crippen molar-refractivity contribution in [3.63, 3.8) is 0 Å². The summed E-state index contributed by atoms with van der Waals surface area (Å²) in [6, 6.07) is 1.94. The normalized spacial score (nSPS) is 20.5. The third kappa shape index (κ3) is 2.24. The number of nitrogens with two attached hydrogens (primary N) is 1. The second kappa shape index (κ2) is 3.90. The Morgan fingerprint density at radius 2 is 2.31 bits per heavy atom. The van der Waals surface area contributed by atoms with Crippen LogP contribution in [0.25, 0.3) is 0 Å². The van der Waals surface area contributed by atoms with Gasteiger partial charge < -0.3 is 10.2 Å². The highest BCUT2D eigenvalue weighted by molar-refractivity contribution is 7.80. The van der Waals surface area contributed by atoms with Crippen molar-refractivity contribution in [3.05, 3.63) is 23.7 Å². The summed E-state index contributed by atoms with van der Waals surface area (Å²) in [6.45, 7) is 4.38. The smallest absolute Gasteiger partial charge is 0.184 e. The first-order valence-corrected chi connectivity index (χ1v) is 5.57. The SMILES string of the molecule is CC1(C)C/C(=N/NC(N)=S)c2ccoc2C1. The second-order valence-electron chi connectivity index (χ2n) is 4.81. The largest absolute Gasteiger partial charge is 0.469 e. The van der Waals surface area contributed by atoms with E-state index in [2.05, 4.69) is 24.4 Å². The summed E-state index contributed by atoms with van der Waals surface area (Å²) in [5.74, 6) is 0.986. The van der Waals surface area contributed by atoms with Crippen molar-refractivity contribution in [2.75, 3.05) is 0 Å². The van der Waals surface area contributed by atoms with Gasteiger partial charge in [0.2, 0.25) is 0 Å². The molecule has 1 aromatic heterocycles. The fourth-order valence-electron chi connectivity index (χ4n) is 2.00. The van der Waals surface area contributed by atoms with Gasteiger partial charge in [-0.25, -0.2) is 0 Å². The van der Waals surface area contributed by atoms with Gasteiger partial charge >= 0.3 is 0 Å². The van der Waals surface area contributed by atoms with Crippen molar-refractivity contribution in [1.82, 2.24) is 5.43 Å². The van der Waals surface area contributed by atoms with Crippen molar-refractivity contribution in [1.29, 1.82) is 0 Å². The predicted molar refractivity (Wildman–Crippen MR) is 67.3 cm³/mol. The van der Waals surface area contributed by atoms with Gasteiger partial charge in [0.05, 0.1) is 12.0 Å². The van der Waals surface area contributed by atoms with Gasteiger partial charge in [0.1, 0.15) is 5.76 Å². The topological polar surface area (TPSA) is 63.5 Å². The first kappa shape index (κ1) is 11.1. The van der Waals surface area contributed by atoms with Gasteiger partial charge in [-0.2, -0.15) is 5.10 Å². The molecule has 86 valence electrons. The molecule has 1 aliphatic carbocycles. The number of hydrogen-bond donors (Lipinski definition) is 2. The summed E-state index contributed by atoms with van der Waals surface area (Å²) in [5.41, 5.74) is 10.2. The highest BCUT2D eigenvalue weighted by Crippen LogP contribution is 2.35. The third-order valence-electron chi connectivity index (χ3n) is 2.64. The Labute approximate surface area is 99.9 Å². The molecular weight excluding hydrogens is 222 g/mol. The van der Waals surface area contributed by atoms with Crippen molar-refractivity contribution < 1.29 is 4.42 Å². The molecule has 0 unspecified atom stereocenters. The molecule has 0 aromatic carbocycles. The molecule has 16 heavy (non-hydrogen) atoms. The van der Waals surface area contributed by atoms with E-state index in [0.717, 1.165) is 29.9 Å². The lowest BCUT2D eigenvalue weighted by molar-refractivity contribution is 0.331. The van der Waals surface area contributed by atoms with E-state index < -0.39 is 0 Å². The van der Waals surface area contributed by atoms with Gasteiger partial charge in [-0.05, 0) is 30.1 Å². The summed E-state index contributed by atoms with van der Waals surface area (Å²) in [5, 5.41) is 4.41. The Morgan fingerprint density at radius 1 is 1.56 bits per heavy atom. The van der Waals surface area contributed by atoms with E-state index in [1.807, 2.05) is 6.07 Å². The van der Waals surface area contributed by atoms with Gasteiger partial charge in [-0.15, -0.1) is 0 Å². The van der Waals surface area contributed by atoms with Crippen LogP contribution in [0.5, 0.6) is 0 Å². The van der Waals surface area contributed by atoms with Gasteiger partial charge in [0.15, 0.2) is 5.11 Å². The van der Waals surface area contributed by atoms with E-state index in [4.69, 9.17) is 22.4 Å². The third-order valence-corrected chi connectivity index (χ3v) is 2.73. The zero-order chi connectivity index (χ0) is 11.8. The van der Waals surface area contributed by atoms with E-state index in [0.29, 0.717) is 0 Å². The van der Waals surface area contributed by atoms with Crippen LogP contribution in [0.2, 0.25) is 0 Å². The van der Waals surface area contributed by atoms with Crippen LogP contribution in [0.1, 0.15) is 31.6 Å². The average Bonchev–Trinajstić information content (AvgIpc) is 2.59. The highest BCUT2D eigenvalue weighted by Gasteiger charge is 2.31. The van der Waals surface area contributed by atoms with Crippen LogP contribution in [-0.4, -0.2) is 10.8 Å². The molecule has 3 N–H and O–H groups in total. The Kier molecular flexibility index (Phi) is 2.71. The molecule has 0 aliphatic heterocycles. The summed E-state index contributed by atoms with van der Waals surface area (Å²) < 4.78 is 5.46. The molecule has 2 rings (SSSR count). The molecular formula is C11H15N3OS. The average molecular weight is 237 g/mol. The lowest BCUT2D eigenvalue weighted by Gasteiger charge is -2.29. The molecule has 0 bridgehead atoms. The van der Waals surface area contributed by atoms with Crippen molar-refractivity contribution >= 4 is 23.0 Å². The van der Waals surface area contributed by atoms with Crippen LogP contribution in [0, 0.1) is 5.41 Å². The minimum absolute atomic E-state index is 0.154. The van der Waals surface area contributed by atoms with Crippen LogP contribution in [0.3, 0.4) is 0 Å². The summed E-state index contributed by atoms with van der Waals surface area (Å²) >= 11 is 4.74. The second-order valence-corrected chi connectivity index (χ2v) is 5.25. The molecule has 0 amide bonds. The number of nitrogens with zero attached hydrogens (tertiary/aromatic N) is 1. The van der Waals surface area contributed by atoms with Crippen molar-refractivity contribution in [3.8, 4) is 0 Å². The Hall–Kier alpha value is -1.36. The molecule has 1 aromatic rings. The number of nitrogens with one attached hydrogen (secondary N) is 1. The number of fused-ring (bicyclic) bond motifs is 1. The number of thiocarbonyl (C=S) groups is 1. The number of hydrazone groups is 1. The fraction of sp³-hybridized carbons (Fsp3) is 0.455. The van der Waals surface area contributed by atoms with E-state index in [9.17, 15) is 0 Å². The molecule has 5 heteroatoms. The molecule has 0 fully saturated rings. The summed E-state index contributed by atoms with van der Waals surface area (Å²) in [7, 11) is 0. The monoisotopic (exact) mass is 237 g/mol.